The minimum Gasteiger partial charge on any atom is -0.309 e. The highest BCUT2D eigenvalue weighted by molar-refractivity contribution is 5.46. The van der Waals surface area contributed by atoms with Gasteiger partial charge in [0.25, 0.3) is 0 Å². The largest absolute Gasteiger partial charge is 0.309 e. The van der Waals surface area contributed by atoms with E-state index in [1.807, 2.05) is 30.5 Å². The van der Waals surface area contributed by atoms with Crippen molar-refractivity contribution < 1.29 is 0 Å². The zero-order valence-electron chi connectivity index (χ0n) is 13.2. The molecule has 5 heteroatoms. The number of hydrogen-bond donors (Lipinski definition) is 1. The van der Waals surface area contributed by atoms with Gasteiger partial charge in [0.2, 0.25) is 5.95 Å². The topological polar surface area (TPSA) is 53.9 Å². The number of aromatic nitrogens is 3. The fraction of sp³-hybridized carbons (Fsp3) is 0.471. The maximum atomic E-state index is 4.68. The van der Waals surface area contributed by atoms with Gasteiger partial charge in [-0.3, -0.25) is 0 Å². The maximum Gasteiger partial charge on any atom is 0.228 e. The number of piperidine rings is 1. The zero-order valence-corrected chi connectivity index (χ0v) is 13.2. The molecule has 1 aliphatic heterocycles. The summed E-state index contributed by atoms with van der Waals surface area (Å²) in [5, 5.41) is 3.17. The minimum absolute atomic E-state index is 0.530. The molecule has 1 aliphatic rings. The van der Waals surface area contributed by atoms with Crippen LogP contribution >= 0.6 is 0 Å². The van der Waals surface area contributed by atoms with E-state index in [9.17, 15) is 0 Å². The highest BCUT2D eigenvalue weighted by atomic mass is 15.2. The van der Waals surface area contributed by atoms with E-state index in [2.05, 4.69) is 39.0 Å². The molecule has 0 atom stereocenters. The summed E-state index contributed by atoms with van der Waals surface area (Å²) in [4.78, 5) is 15.8. The standard InChI is InChI=1S/C17H23N5/c1-13(2)22-11-7-14(8-12-22)15-6-10-19-17(20-15)21-16-5-3-4-9-18-16/h3-6,9-10,13-14H,7-8,11-12H2,1-2H3,(H,18,19,20,21). The van der Waals surface area contributed by atoms with Crippen LogP contribution in [0.1, 0.15) is 38.3 Å². The van der Waals surface area contributed by atoms with Crippen molar-refractivity contribution in [2.75, 3.05) is 18.4 Å². The first-order chi connectivity index (χ1) is 10.7. The molecule has 0 aromatic carbocycles. The average Bonchev–Trinajstić information content (AvgIpc) is 2.56. The number of hydrogen-bond acceptors (Lipinski definition) is 5. The lowest BCUT2D eigenvalue weighted by atomic mass is 9.93. The SMILES string of the molecule is CC(C)N1CCC(c2ccnc(Nc3ccccn3)n2)CC1. The molecule has 0 unspecified atom stereocenters. The lowest BCUT2D eigenvalue weighted by molar-refractivity contribution is 0.171. The van der Waals surface area contributed by atoms with Crippen molar-refractivity contribution >= 4 is 11.8 Å². The third kappa shape index (κ3) is 3.60. The van der Waals surface area contributed by atoms with E-state index in [-0.39, 0.29) is 0 Å². The molecule has 0 amide bonds. The Bertz CT molecular complexity index is 591. The number of likely N-dealkylation sites (tertiary alicyclic amines) is 1. The molecule has 2 aromatic heterocycles. The van der Waals surface area contributed by atoms with Crippen LogP contribution in [0.15, 0.2) is 36.7 Å². The molecular formula is C17H23N5. The first-order valence-corrected chi connectivity index (χ1v) is 7.97. The van der Waals surface area contributed by atoms with Crippen molar-refractivity contribution in [3.8, 4) is 0 Å². The molecule has 3 rings (SSSR count). The molecule has 1 fully saturated rings. The van der Waals surface area contributed by atoms with Gasteiger partial charge in [-0.05, 0) is 58.0 Å². The molecule has 5 nitrogen and oxygen atoms in total. The molecule has 0 saturated carbocycles. The van der Waals surface area contributed by atoms with Crippen LogP contribution < -0.4 is 5.32 Å². The van der Waals surface area contributed by atoms with Gasteiger partial charge in [0.05, 0.1) is 0 Å². The predicted octanol–water partition coefficient (Wildman–Crippen LogP) is 3.20. The van der Waals surface area contributed by atoms with E-state index in [1.54, 1.807) is 6.20 Å². The second-order valence-electron chi connectivity index (χ2n) is 6.05. The Morgan fingerprint density at radius 1 is 1.09 bits per heavy atom. The van der Waals surface area contributed by atoms with Crippen LogP contribution in [0.2, 0.25) is 0 Å². The Morgan fingerprint density at radius 2 is 1.91 bits per heavy atom. The first-order valence-electron chi connectivity index (χ1n) is 7.97. The van der Waals surface area contributed by atoms with Gasteiger partial charge in [-0.2, -0.15) is 0 Å². The molecule has 2 aromatic rings. The lowest BCUT2D eigenvalue weighted by Crippen LogP contribution is -2.38. The van der Waals surface area contributed by atoms with Crippen LogP contribution in [0.25, 0.3) is 0 Å². The van der Waals surface area contributed by atoms with E-state index in [0.717, 1.165) is 37.4 Å². The highest BCUT2D eigenvalue weighted by Crippen LogP contribution is 2.28. The molecule has 116 valence electrons. The molecular weight excluding hydrogens is 274 g/mol. The number of pyridine rings is 1. The predicted molar refractivity (Wildman–Crippen MR) is 88.2 cm³/mol. The van der Waals surface area contributed by atoms with Crippen molar-refractivity contribution in [2.24, 2.45) is 0 Å². The van der Waals surface area contributed by atoms with E-state index in [0.29, 0.717) is 17.9 Å². The van der Waals surface area contributed by atoms with Crippen molar-refractivity contribution in [2.45, 2.75) is 38.6 Å². The number of rotatable bonds is 4. The summed E-state index contributed by atoms with van der Waals surface area (Å²) in [5.41, 5.74) is 1.14. The Balaban J connectivity index is 1.67. The van der Waals surface area contributed by atoms with E-state index < -0.39 is 0 Å². The summed E-state index contributed by atoms with van der Waals surface area (Å²) >= 11 is 0. The Kier molecular flexibility index (Phi) is 4.63. The highest BCUT2D eigenvalue weighted by Gasteiger charge is 2.23. The molecule has 1 saturated heterocycles. The molecule has 22 heavy (non-hydrogen) atoms. The van der Waals surface area contributed by atoms with Crippen molar-refractivity contribution in [3.05, 3.63) is 42.4 Å². The second-order valence-corrected chi connectivity index (χ2v) is 6.05. The lowest BCUT2D eigenvalue weighted by Gasteiger charge is -2.34. The van der Waals surface area contributed by atoms with Gasteiger partial charge < -0.3 is 10.2 Å². The van der Waals surface area contributed by atoms with Crippen LogP contribution in [0.5, 0.6) is 0 Å². The Hall–Kier alpha value is -2.01. The summed E-state index contributed by atoms with van der Waals surface area (Å²) in [7, 11) is 0. The number of nitrogens with one attached hydrogen (secondary N) is 1. The minimum atomic E-state index is 0.530. The van der Waals surface area contributed by atoms with Crippen LogP contribution in [-0.4, -0.2) is 39.0 Å². The second kappa shape index (κ2) is 6.83. The van der Waals surface area contributed by atoms with Gasteiger partial charge in [0, 0.05) is 30.0 Å². The van der Waals surface area contributed by atoms with Crippen LogP contribution in [-0.2, 0) is 0 Å². The van der Waals surface area contributed by atoms with Crippen molar-refractivity contribution in [1.82, 2.24) is 19.9 Å². The van der Waals surface area contributed by atoms with E-state index in [1.165, 1.54) is 0 Å². The summed E-state index contributed by atoms with van der Waals surface area (Å²) in [5.74, 6) is 1.93. The Morgan fingerprint density at radius 3 is 2.59 bits per heavy atom. The summed E-state index contributed by atoms with van der Waals surface area (Å²) < 4.78 is 0. The zero-order chi connectivity index (χ0) is 15.4. The van der Waals surface area contributed by atoms with Crippen molar-refractivity contribution in [1.29, 1.82) is 0 Å². The summed E-state index contributed by atoms with van der Waals surface area (Å²) in [6, 6.07) is 8.43. The van der Waals surface area contributed by atoms with Gasteiger partial charge in [-0.1, -0.05) is 6.07 Å². The van der Waals surface area contributed by atoms with Crippen LogP contribution in [0.3, 0.4) is 0 Å². The van der Waals surface area contributed by atoms with Gasteiger partial charge in [0.15, 0.2) is 0 Å². The van der Waals surface area contributed by atoms with E-state index >= 15 is 0 Å². The molecule has 0 spiro atoms. The summed E-state index contributed by atoms with van der Waals surface area (Å²) in [6.45, 7) is 6.82. The smallest absolute Gasteiger partial charge is 0.228 e. The van der Waals surface area contributed by atoms with Gasteiger partial charge in [0.1, 0.15) is 5.82 Å². The summed E-state index contributed by atoms with van der Waals surface area (Å²) in [6.07, 6.45) is 5.92. The maximum absolute atomic E-state index is 4.68. The van der Waals surface area contributed by atoms with Crippen LogP contribution in [0.4, 0.5) is 11.8 Å². The first kappa shape index (κ1) is 14.9. The fourth-order valence-corrected chi connectivity index (χ4v) is 2.92. The van der Waals surface area contributed by atoms with Crippen LogP contribution in [0, 0.1) is 0 Å². The molecule has 3 heterocycles. The number of nitrogens with zero attached hydrogens (tertiary/aromatic N) is 4. The van der Waals surface area contributed by atoms with Gasteiger partial charge in [-0.15, -0.1) is 0 Å². The van der Waals surface area contributed by atoms with Crippen molar-refractivity contribution in [3.63, 3.8) is 0 Å². The quantitative estimate of drug-likeness (QED) is 0.939. The van der Waals surface area contributed by atoms with Gasteiger partial charge in [-0.25, -0.2) is 15.0 Å². The molecule has 1 N–H and O–H groups in total. The fourth-order valence-electron chi connectivity index (χ4n) is 2.92. The van der Waals surface area contributed by atoms with Gasteiger partial charge >= 0.3 is 0 Å². The Labute approximate surface area is 131 Å². The molecule has 0 aliphatic carbocycles. The molecule has 0 bridgehead atoms. The normalized spacial score (nSPS) is 16.9. The third-order valence-electron chi connectivity index (χ3n) is 4.26. The molecule has 0 radical (unpaired) electrons. The third-order valence-corrected chi connectivity index (χ3v) is 4.26. The van der Waals surface area contributed by atoms with E-state index in [4.69, 9.17) is 0 Å². The average molecular weight is 297 g/mol. The number of anilines is 2. The monoisotopic (exact) mass is 297 g/mol.